The van der Waals surface area contributed by atoms with Crippen LogP contribution in [0.25, 0.3) is 0 Å². The molecule has 6 nitrogen and oxygen atoms in total. The molecule has 0 fully saturated rings. The Morgan fingerprint density at radius 3 is 1.91 bits per heavy atom. The molecule has 0 aliphatic rings. The third-order valence-corrected chi connectivity index (χ3v) is 0.490. The Bertz CT molecular complexity index is 110. The smallest absolute Gasteiger partial charge is 0.431 e. The van der Waals surface area contributed by atoms with E-state index < -0.39 is 11.7 Å². The third-order valence-electron chi connectivity index (χ3n) is 0.490. The van der Waals surface area contributed by atoms with Gasteiger partial charge in [0.25, 0.3) is 0 Å². The van der Waals surface area contributed by atoms with Crippen LogP contribution in [0.15, 0.2) is 0 Å². The first-order valence-corrected chi connectivity index (χ1v) is 2.84. The largest absolute Gasteiger partial charge is 0.442 e. The molecule has 5 N–H and O–H groups in total. The van der Waals surface area contributed by atoms with E-state index >= 15 is 0 Å². The van der Waals surface area contributed by atoms with E-state index in [1.54, 1.807) is 20.8 Å². The fraction of sp³-hybridized carbons (Fsp3) is 0.800. The first kappa shape index (κ1) is 12.8. The van der Waals surface area contributed by atoms with E-state index in [0.29, 0.717) is 0 Å². The van der Waals surface area contributed by atoms with Crippen LogP contribution in [0.1, 0.15) is 20.8 Å². The molecule has 68 valence electrons. The lowest BCUT2D eigenvalue weighted by Gasteiger charge is -2.17. The Labute approximate surface area is 64.9 Å². The summed E-state index contributed by atoms with van der Waals surface area (Å²) in [5, 5.41) is 14.5. The van der Waals surface area contributed by atoms with E-state index in [9.17, 15) is 4.79 Å². The van der Waals surface area contributed by atoms with Crippen molar-refractivity contribution < 1.29 is 19.9 Å². The highest BCUT2D eigenvalue weighted by atomic mass is 16.6. The zero-order valence-electron chi connectivity index (χ0n) is 6.79. The van der Waals surface area contributed by atoms with Crippen molar-refractivity contribution in [3.63, 3.8) is 0 Å². The molecule has 0 saturated heterocycles. The molecule has 0 aromatic heterocycles. The van der Waals surface area contributed by atoms with E-state index in [0.717, 1.165) is 0 Å². The van der Waals surface area contributed by atoms with Crippen molar-refractivity contribution in [2.24, 2.45) is 5.90 Å². The number of amides is 1. The van der Waals surface area contributed by atoms with Gasteiger partial charge in [0.15, 0.2) is 0 Å². The summed E-state index contributed by atoms with van der Waals surface area (Å²) in [7, 11) is 0. The zero-order valence-corrected chi connectivity index (χ0v) is 6.79. The molecule has 1 amide bonds. The lowest BCUT2D eigenvalue weighted by molar-refractivity contribution is 0.0229. The second-order valence-corrected chi connectivity index (χ2v) is 2.61. The monoisotopic (exact) mass is 166 g/mol. The van der Waals surface area contributed by atoms with Gasteiger partial charge in [0.05, 0.1) is 0 Å². The molecule has 0 saturated carbocycles. The third kappa shape index (κ3) is 12.4. The van der Waals surface area contributed by atoms with E-state index in [2.05, 4.69) is 10.6 Å². The van der Waals surface area contributed by atoms with E-state index in [1.165, 1.54) is 5.48 Å². The number of hydrogen-bond acceptors (Lipinski definition) is 5. The van der Waals surface area contributed by atoms with Crippen LogP contribution in [0.4, 0.5) is 4.79 Å². The highest BCUT2D eigenvalue weighted by Gasteiger charge is 2.14. The topological polar surface area (TPSA) is 105 Å². The van der Waals surface area contributed by atoms with E-state index in [-0.39, 0.29) is 0 Å². The molecule has 0 aliphatic heterocycles. The fourth-order valence-corrected chi connectivity index (χ4v) is 0.301. The molecule has 0 heterocycles. The molecule has 0 radical (unpaired) electrons. The van der Waals surface area contributed by atoms with E-state index in [1.807, 2.05) is 0 Å². The number of rotatable bonds is 0. The average molecular weight is 166 g/mol. The number of nitrogens with two attached hydrogens (primary N) is 1. The second kappa shape index (κ2) is 5.90. The summed E-state index contributed by atoms with van der Waals surface area (Å²) >= 11 is 0. The number of carbonyl (C=O) groups is 1. The summed E-state index contributed by atoms with van der Waals surface area (Å²) in [4.78, 5) is 10.2. The van der Waals surface area contributed by atoms with Gasteiger partial charge in [-0.15, -0.1) is 0 Å². The molecular formula is C5H14N2O4. The van der Waals surface area contributed by atoms with Crippen molar-refractivity contribution >= 4 is 6.09 Å². The van der Waals surface area contributed by atoms with Crippen LogP contribution in [-0.4, -0.2) is 22.1 Å². The highest BCUT2D eigenvalue weighted by Crippen LogP contribution is 2.05. The number of hydroxylamine groups is 1. The molecule has 0 bridgehead atoms. The van der Waals surface area contributed by atoms with Crippen LogP contribution >= 0.6 is 0 Å². The zero-order chi connectivity index (χ0) is 9.49. The molecule has 0 rings (SSSR count). The second-order valence-electron chi connectivity index (χ2n) is 2.61. The van der Waals surface area contributed by atoms with Crippen molar-refractivity contribution in [3.05, 3.63) is 0 Å². The summed E-state index contributed by atoms with van der Waals surface area (Å²) in [6.07, 6.45) is -0.831. The van der Waals surface area contributed by atoms with Gasteiger partial charge < -0.3 is 9.94 Å². The Hall–Kier alpha value is -0.850. The summed E-state index contributed by atoms with van der Waals surface area (Å²) < 4.78 is 4.59. The number of carbonyl (C=O) groups excluding carboxylic acids is 1. The Balaban J connectivity index is 0. The quantitative estimate of drug-likeness (QED) is 0.304. The lowest BCUT2D eigenvalue weighted by atomic mass is 10.2. The predicted octanol–water partition coefficient (Wildman–Crippen LogP) is 0.235. The average Bonchev–Trinajstić information content (AvgIpc) is 1.89. The normalized spacial score (nSPS) is 9.27. The standard InChI is InChI=1S/C5H11NO3.H3NO/c1-5(2,3)9-4(7)6-8;1-2/h8H,1-3H3,(H,6,7);2H,1H2. The maximum atomic E-state index is 10.2. The molecule has 0 atom stereocenters. The maximum absolute atomic E-state index is 10.2. The highest BCUT2D eigenvalue weighted by molar-refractivity contribution is 5.65. The van der Waals surface area contributed by atoms with Crippen molar-refractivity contribution in [1.29, 1.82) is 0 Å². The number of nitrogens with one attached hydrogen (secondary N) is 1. The summed E-state index contributed by atoms with van der Waals surface area (Å²) in [6, 6.07) is 0. The Morgan fingerprint density at radius 1 is 1.45 bits per heavy atom. The van der Waals surface area contributed by atoms with Gasteiger partial charge in [-0.3, -0.25) is 5.21 Å². The molecule has 0 spiro atoms. The molecular weight excluding hydrogens is 152 g/mol. The lowest BCUT2D eigenvalue weighted by Crippen LogP contribution is -2.30. The van der Waals surface area contributed by atoms with Crippen LogP contribution in [0.5, 0.6) is 0 Å². The van der Waals surface area contributed by atoms with Gasteiger partial charge in [-0.25, -0.2) is 16.2 Å². The SMILES string of the molecule is CC(C)(C)OC(=O)NO.NO. The van der Waals surface area contributed by atoms with Crippen LogP contribution in [-0.2, 0) is 4.74 Å². The van der Waals surface area contributed by atoms with Crippen molar-refractivity contribution in [1.82, 2.24) is 5.48 Å². The van der Waals surface area contributed by atoms with Gasteiger partial charge in [-0.05, 0) is 20.8 Å². The molecule has 0 unspecified atom stereocenters. The van der Waals surface area contributed by atoms with E-state index in [4.69, 9.17) is 10.4 Å². The van der Waals surface area contributed by atoms with Crippen LogP contribution in [0.3, 0.4) is 0 Å². The summed E-state index contributed by atoms with van der Waals surface area (Å²) in [6.45, 7) is 5.13. The molecule has 11 heavy (non-hydrogen) atoms. The summed E-state index contributed by atoms with van der Waals surface area (Å²) in [5.41, 5.74) is 0.812. The molecule has 6 heteroatoms. The minimum absolute atomic E-state index is 0.549. The fourth-order valence-electron chi connectivity index (χ4n) is 0.301. The Morgan fingerprint density at radius 2 is 1.82 bits per heavy atom. The first-order valence-electron chi connectivity index (χ1n) is 2.84. The molecule has 0 aromatic rings. The van der Waals surface area contributed by atoms with Crippen molar-refractivity contribution in [3.8, 4) is 0 Å². The predicted molar refractivity (Wildman–Crippen MR) is 37.1 cm³/mol. The number of ether oxygens (including phenoxy) is 1. The first-order chi connectivity index (χ1) is 4.95. The van der Waals surface area contributed by atoms with Crippen LogP contribution in [0, 0.1) is 0 Å². The maximum Gasteiger partial charge on any atom is 0.431 e. The van der Waals surface area contributed by atoms with Gasteiger partial charge in [0.1, 0.15) is 5.60 Å². The van der Waals surface area contributed by atoms with Gasteiger partial charge in [0.2, 0.25) is 0 Å². The summed E-state index contributed by atoms with van der Waals surface area (Å²) in [5.74, 6) is 3.50. The number of hydrogen-bond donors (Lipinski definition) is 4. The van der Waals surface area contributed by atoms with Gasteiger partial charge in [-0.2, -0.15) is 0 Å². The van der Waals surface area contributed by atoms with Gasteiger partial charge >= 0.3 is 6.09 Å². The van der Waals surface area contributed by atoms with Gasteiger partial charge in [-0.1, -0.05) is 0 Å². The van der Waals surface area contributed by atoms with Crippen molar-refractivity contribution in [2.45, 2.75) is 26.4 Å². The molecule has 0 aromatic carbocycles. The van der Waals surface area contributed by atoms with Crippen LogP contribution in [0.2, 0.25) is 0 Å². The van der Waals surface area contributed by atoms with Crippen LogP contribution < -0.4 is 11.4 Å². The van der Waals surface area contributed by atoms with Crippen molar-refractivity contribution in [2.75, 3.05) is 0 Å². The minimum atomic E-state index is -0.831. The molecule has 0 aliphatic carbocycles. The van der Waals surface area contributed by atoms with Gasteiger partial charge in [0, 0.05) is 0 Å². The minimum Gasteiger partial charge on any atom is -0.442 e. The Kier molecular flexibility index (Phi) is 6.86.